The molecule has 3 aromatic rings. The highest BCUT2D eigenvalue weighted by molar-refractivity contribution is 9.10. The van der Waals surface area contributed by atoms with Crippen LogP contribution >= 0.6 is 15.9 Å². The largest absolute Gasteiger partial charge is 0.477 e. The van der Waals surface area contributed by atoms with Crippen molar-refractivity contribution < 1.29 is 14.4 Å². The first-order chi connectivity index (χ1) is 8.66. The molecule has 0 aliphatic carbocycles. The van der Waals surface area contributed by atoms with E-state index in [2.05, 4.69) is 26.1 Å². The van der Waals surface area contributed by atoms with Crippen LogP contribution < -0.4 is 0 Å². The van der Waals surface area contributed by atoms with Crippen LogP contribution in [0.1, 0.15) is 10.4 Å². The molecule has 0 amide bonds. The van der Waals surface area contributed by atoms with Gasteiger partial charge in [-0.2, -0.15) is 0 Å². The number of nitrogens with zero attached hydrogens (tertiary/aromatic N) is 1. The second-order valence-corrected chi connectivity index (χ2v) is 4.68. The molecule has 0 aliphatic heterocycles. The van der Waals surface area contributed by atoms with Crippen LogP contribution in [0.15, 0.2) is 39.6 Å². The van der Waals surface area contributed by atoms with Gasteiger partial charge in [-0.05, 0) is 18.2 Å². The molecular weight excluding hydrogens is 300 g/mol. The van der Waals surface area contributed by atoms with Crippen molar-refractivity contribution in [2.24, 2.45) is 0 Å². The Morgan fingerprint density at radius 1 is 1.44 bits per heavy atom. The quantitative estimate of drug-likeness (QED) is 0.761. The van der Waals surface area contributed by atoms with Gasteiger partial charge in [0.15, 0.2) is 5.76 Å². The van der Waals surface area contributed by atoms with Gasteiger partial charge < -0.3 is 14.6 Å². The summed E-state index contributed by atoms with van der Waals surface area (Å²) in [5, 5.41) is 13.5. The van der Waals surface area contributed by atoms with Gasteiger partial charge in [-0.3, -0.25) is 0 Å². The fourth-order valence-corrected chi connectivity index (χ4v) is 2.23. The molecule has 2 aromatic heterocycles. The number of aromatic amines is 1. The Bertz CT molecular complexity index is 745. The maximum absolute atomic E-state index is 11.1. The summed E-state index contributed by atoms with van der Waals surface area (Å²) in [6.45, 7) is 0. The van der Waals surface area contributed by atoms with Gasteiger partial charge in [-0.1, -0.05) is 21.1 Å². The summed E-state index contributed by atoms with van der Waals surface area (Å²) in [5.74, 6) is -0.803. The monoisotopic (exact) mass is 306 g/mol. The summed E-state index contributed by atoms with van der Waals surface area (Å²) >= 11 is 3.39. The molecule has 0 atom stereocenters. The van der Waals surface area contributed by atoms with Crippen LogP contribution in [0.3, 0.4) is 0 Å². The first-order valence-electron chi connectivity index (χ1n) is 5.12. The molecule has 5 nitrogen and oxygen atoms in total. The molecule has 90 valence electrons. The summed E-state index contributed by atoms with van der Waals surface area (Å²) in [6.07, 6.45) is 2.92. The fraction of sp³-hybridized carbons (Fsp3) is 0. The summed E-state index contributed by atoms with van der Waals surface area (Å²) < 4.78 is 5.96. The van der Waals surface area contributed by atoms with E-state index in [9.17, 15) is 4.79 Å². The van der Waals surface area contributed by atoms with E-state index in [1.807, 2.05) is 18.2 Å². The van der Waals surface area contributed by atoms with Gasteiger partial charge in [0.25, 0.3) is 0 Å². The molecule has 0 aliphatic rings. The second-order valence-electron chi connectivity index (χ2n) is 3.77. The van der Waals surface area contributed by atoms with Crippen LogP contribution in [-0.2, 0) is 0 Å². The van der Waals surface area contributed by atoms with E-state index in [1.165, 1.54) is 6.20 Å². The molecule has 18 heavy (non-hydrogen) atoms. The van der Waals surface area contributed by atoms with E-state index in [4.69, 9.17) is 9.63 Å². The lowest BCUT2D eigenvalue weighted by Gasteiger charge is -1.96. The molecule has 0 saturated carbocycles. The summed E-state index contributed by atoms with van der Waals surface area (Å²) in [7, 11) is 0. The van der Waals surface area contributed by atoms with E-state index in [-0.39, 0.29) is 11.3 Å². The molecule has 0 fully saturated rings. The predicted octanol–water partition coefficient (Wildman–Crippen LogP) is 3.28. The zero-order valence-corrected chi connectivity index (χ0v) is 10.6. The van der Waals surface area contributed by atoms with Gasteiger partial charge in [0, 0.05) is 27.1 Å². The number of hydrogen-bond acceptors (Lipinski definition) is 3. The lowest BCUT2D eigenvalue weighted by Crippen LogP contribution is -1.95. The number of carboxylic acid groups (broad SMARTS) is 1. The van der Waals surface area contributed by atoms with Crippen molar-refractivity contribution in [2.45, 2.75) is 0 Å². The van der Waals surface area contributed by atoms with Crippen molar-refractivity contribution in [3.63, 3.8) is 0 Å². The van der Waals surface area contributed by atoms with E-state index in [1.54, 1.807) is 6.20 Å². The highest BCUT2D eigenvalue weighted by Crippen LogP contribution is 2.32. The summed E-state index contributed by atoms with van der Waals surface area (Å²) in [6, 6.07) is 5.70. The van der Waals surface area contributed by atoms with Crippen molar-refractivity contribution in [1.29, 1.82) is 0 Å². The lowest BCUT2D eigenvalue weighted by atomic mass is 10.1. The van der Waals surface area contributed by atoms with E-state index in [0.29, 0.717) is 5.56 Å². The zero-order chi connectivity index (χ0) is 12.7. The van der Waals surface area contributed by atoms with Crippen molar-refractivity contribution >= 4 is 32.8 Å². The lowest BCUT2D eigenvalue weighted by molar-refractivity contribution is 0.0697. The number of benzene rings is 1. The number of carboxylic acids is 1. The molecule has 0 unspecified atom stereocenters. The minimum Gasteiger partial charge on any atom is -0.477 e. The van der Waals surface area contributed by atoms with Crippen LogP contribution in [0, 0.1) is 0 Å². The number of nitrogens with one attached hydrogen (secondary N) is 1. The average molecular weight is 307 g/mol. The minimum absolute atomic E-state index is 0.0517. The van der Waals surface area contributed by atoms with Gasteiger partial charge in [-0.25, -0.2) is 4.79 Å². The van der Waals surface area contributed by atoms with Gasteiger partial charge >= 0.3 is 5.97 Å². The van der Waals surface area contributed by atoms with Crippen molar-refractivity contribution in [1.82, 2.24) is 10.1 Å². The Hall–Kier alpha value is -2.08. The fourth-order valence-electron chi connectivity index (χ4n) is 1.87. The molecule has 0 saturated heterocycles. The van der Waals surface area contributed by atoms with Crippen molar-refractivity contribution in [3.8, 4) is 11.3 Å². The molecule has 0 bridgehead atoms. The molecule has 2 heterocycles. The molecule has 1 aromatic carbocycles. The first kappa shape index (κ1) is 11.0. The average Bonchev–Trinajstić information content (AvgIpc) is 2.92. The van der Waals surface area contributed by atoms with Crippen LogP contribution in [-0.4, -0.2) is 21.2 Å². The van der Waals surface area contributed by atoms with Gasteiger partial charge in [0.05, 0.1) is 6.20 Å². The zero-order valence-electron chi connectivity index (χ0n) is 8.98. The normalized spacial score (nSPS) is 10.9. The van der Waals surface area contributed by atoms with Crippen molar-refractivity contribution in [2.75, 3.05) is 0 Å². The molecule has 3 rings (SSSR count). The van der Waals surface area contributed by atoms with Gasteiger partial charge in [0.2, 0.25) is 0 Å². The number of hydrogen-bond donors (Lipinski definition) is 2. The number of carbonyl (C=O) groups is 1. The summed E-state index contributed by atoms with van der Waals surface area (Å²) in [5.41, 5.74) is 1.64. The number of halogens is 1. The predicted molar refractivity (Wildman–Crippen MR) is 68.5 cm³/mol. The van der Waals surface area contributed by atoms with E-state index in [0.717, 1.165) is 15.4 Å². The molecule has 0 radical (unpaired) electrons. The van der Waals surface area contributed by atoms with Crippen LogP contribution in [0.25, 0.3) is 22.2 Å². The van der Waals surface area contributed by atoms with E-state index < -0.39 is 5.97 Å². The maximum Gasteiger partial charge on any atom is 0.341 e. The SMILES string of the molecule is O=C(O)c1cnoc1-c1c[nH]c2ccc(Br)cc12. The van der Waals surface area contributed by atoms with Crippen LogP contribution in [0.5, 0.6) is 0 Å². The van der Waals surface area contributed by atoms with Crippen molar-refractivity contribution in [3.05, 3.63) is 40.6 Å². The molecule has 6 heteroatoms. The Balaban J connectivity index is 2.28. The van der Waals surface area contributed by atoms with Gasteiger partial charge in [-0.15, -0.1) is 0 Å². The highest BCUT2D eigenvalue weighted by Gasteiger charge is 2.19. The Morgan fingerprint density at radius 2 is 2.28 bits per heavy atom. The number of fused-ring (bicyclic) bond motifs is 1. The minimum atomic E-state index is -1.06. The number of aromatic carboxylic acids is 1. The summed E-state index contributed by atoms with van der Waals surface area (Å²) in [4.78, 5) is 14.1. The topological polar surface area (TPSA) is 79.1 Å². The molecular formula is C12H7BrN2O3. The smallest absolute Gasteiger partial charge is 0.341 e. The standard InChI is InChI=1S/C12H7BrN2O3/c13-6-1-2-10-7(3-6)8(4-14-10)11-9(12(16)17)5-15-18-11/h1-5,14H,(H,16,17). The molecule has 2 N–H and O–H groups in total. The third-order valence-electron chi connectivity index (χ3n) is 2.69. The third-order valence-corrected chi connectivity index (χ3v) is 3.18. The Labute approximate surface area is 110 Å². The second kappa shape index (κ2) is 3.99. The number of aromatic nitrogens is 2. The number of rotatable bonds is 2. The third kappa shape index (κ3) is 1.62. The number of H-pyrrole nitrogens is 1. The Morgan fingerprint density at radius 3 is 3.06 bits per heavy atom. The highest BCUT2D eigenvalue weighted by atomic mass is 79.9. The Kier molecular flexibility index (Phi) is 2.45. The van der Waals surface area contributed by atoms with Gasteiger partial charge in [0.1, 0.15) is 5.56 Å². The molecule has 0 spiro atoms. The van der Waals surface area contributed by atoms with E-state index >= 15 is 0 Å². The maximum atomic E-state index is 11.1. The first-order valence-corrected chi connectivity index (χ1v) is 5.91. The van der Waals surface area contributed by atoms with Crippen LogP contribution in [0.4, 0.5) is 0 Å². The van der Waals surface area contributed by atoms with Crippen LogP contribution in [0.2, 0.25) is 0 Å².